The Morgan fingerprint density at radius 3 is 2.87 bits per heavy atom. The molecule has 1 rings (SSSR count). The lowest BCUT2D eigenvalue weighted by atomic mass is 10.2. The van der Waals surface area contributed by atoms with E-state index in [0.717, 1.165) is 19.4 Å². The lowest BCUT2D eigenvalue weighted by Crippen LogP contribution is -2.43. The minimum atomic E-state index is -0.0557. The van der Waals surface area contributed by atoms with Crippen LogP contribution in [0.3, 0.4) is 0 Å². The van der Waals surface area contributed by atoms with Crippen LogP contribution in [-0.2, 0) is 9.53 Å². The fourth-order valence-corrected chi connectivity index (χ4v) is 1.50. The lowest BCUT2D eigenvalue weighted by molar-refractivity contribution is -0.122. The van der Waals surface area contributed by atoms with Crippen LogP contribution >= 0.6 is 12.2 Å². The minimum absolute atomic E-state index is 0.0486. The van der Waals surface area contributed by atoms with Gasteiger partial charge in [0.1, 0.15) is 0 Å². The molecule has 2 N–H and O–H groups in total. The molecule has 1 amide bonds. The van der Waals surface area contributed by atoms with Gasteiger partial charge in [0.15, 0.2) is 5.11 Å². The van der Waals surface area contributed by atoms with Crippen LogP contribution in [0.1, 0.15) is 26.7 Å². The van der Waals surface area contributed by atoms with E-state index >= 15 is 0 Å². The van der Waals surface area contributed by atoms with Gasteiger partial charge in [-0.3, -0.25) is 4.79 Å². The Bertz CT molecular complexity index is 238. The quantitative estimate of drug-likeness (QED) is 0.705. The molecule has 1 aliphatic heterocycles. The maximum absolute atomic E-state index is 11.3. The van der Waals surface area contributed by atoms with Gasteiger partial charge in [-0.05, 0) is 25.1 Å². The van der Waals surface area contributed by atoms with Gasteiger partial charge in [-0.25, -0.2) is 0 Å². The standard InChI is InChI=1S/C10H18N2O2S/c1-7(2)9(13)12-10(15)11-6-8-4-3-5-14-8/h7-8H,3-6H2,1-2H3,(H2,11,12,13,15). The monoisotopic (exact) mass is 230 g/mol. The van der Waals surface area contributed by atoms with Crippen molar-refractivity contribution in [1.29, 1.82) is 0 Å². The summed E-state index contributed by atoms with van der Waals surface area (Å²) in [5.41, 5.74) is 0. The van der Waals surface area contributed by atoms with Crippen LogP contribution in [0.25, 0.3) is 0 Å². The van der Waals surface area contributed by atoms with Crippen molar-refractivity contribution >= 4 is 23.2 Å². The van der Waals surface area contributed by atoms with Gasteiger partial charge in [0.25, 0.3) is 0 Å². The predicted molar refractivity (Wildman–Crippen MR) is 62.6 cm³/mol. The summed E-state index contributed by atoms with van der Waals surface area (Å²) >= 11 is 4.99. The summed E-state index contributed by atoms with van der Waals surface area (Å²) in [5, 5.41) is 6.01. The molecule has 0 aromatic rings. The highest BCUT2D eigenvalue weighted by Gasteiger charge is 2.16. The summed E-state index contributed by atoms with van der Waals surface area (Å²) in [6, 6.07) is 0. The van der Waals surface area contributed by atoms with Crippen LogP contribution in [-0.4, -0.2) is 30.3 Å². The Balaban J connectivity index is 2.15. The molecule has 15 heavy (non-hydrogen) atoms. The van der Waals surface area contributed by atoms with E-state index in [1.54, 1.807) is 0 Å². The number of carbonyl (C=O) groups is 1. The van der Waals surface area contributed by atoms with Crippen molar-refractivity contribution in [2.45, 2.75) is 32.8 Å². The van der Waals surface area contributed by atoms with Gasteiger partial charge in [-0.15, -0.1) is 0 Å². The smallest absolute Gasteiger partial charge is 0.228 e. The van der Waals surface area contributed by atoms with Crippen LogP contribution in [0.4, 0.5) is 0 Å². The highest BCUT2D eigenvalue weighted by atomic mass is 32.1. The second kappa shape index (κ2) is 6.02. The van der Waals surface area contributed by atoms with Crippen LogP contribution in [0.2, 0.25) is 0 Å². The highest BCUT2D eigenvalue weighted by Crippen LogP contribution is 2.10. The third-order valence-electron chi connectivity index (χ3n) is 2.28. The minimum Gasteiger partial charge on any atom is -0.376 e. The Morgan fingerprint density at radius 2 is 2.33 bits per heavy atom. The molecular weight excluding hydrogens is 212 g/mol. The Morgan fingerprint density at radius 1 is 1.60 bits per heavy atom. The van der Waals surface area contributed by atoms with Crippen molar-refractivity contribution < 1.29 is 9.53 Å². The summed E-state index contributed by atoms with van der Waals surface area (Å²) in [7, 11) is 0. The summed E-state index contributed by atoms with van der Waals surface area (Å²) in [6.07, 6.45) is 2.41. The van der Waals surface area contributed by atoms with Crippen molar-refractivity contribution in [3.8, 4) is 0 Å². The molecule has 0 aromatic carbocycles. The molecule has 1 fully saturated rings. The van der Waals surface area contributed by atoms with Crippen LogP contribution in [0.5, 0.6) is 0 Å². The first-order valence-corrected chi connectivity index (χ1v) is 5.70. The molecule has 0 spiro atoms. The SMILES string of the molecule is CC(C)C(=O)NC(=S)NCC1CCCO1. The first kappa shape index (κ1) is 12.4. The van der Waals surface area contributed by atoms with E-state index in [2.05, 4.69) is 10.6 Å². The van der Waals surface area contributed by atoms with Crippen molar-refractivity contribution in [1.82, 2.24) is 10.6 Å². The maximum Gasteiger partial charge on any atom is 0.228 e. The Kier molecular flexibility index (Phi) is 4.98. The number of ether oxygens (including phenoxy) is 1. The Hall–Kier alpha value is -0.680. The van der Waals surface area contributed by atoms with E-state index in [9.17, 15) is 4.79 Å². The molecule has 1 atom stereocenters. The third-order valence-corrected chi connectivity index (χ3v) is 2.52. The van der Waals surface area contributed by atoms with Crippen molar-refractivity contribution in [3.05, 3.63) is 0 Å². The maximum atomic E-state index is 11.3. The molecule has 1 saturated heterocycles. The molecule has 0 aromatic heterocycles. The molecule has 0 aliphatic carbocycles. The zero-order valence-corrected chi connectivity index (χ0v) is 10.0. The number of rotatable bonds is 3. The fourth-order valence-electron chi connectivity index (χ4n) is 1.31. The van der Waals surface area contributed by atoms with E-state index < -0.39 is 0 Å². The summed E-state index contributed by atoms with van der Waals surface area (Å²) in [5.74, 6) is -0.104. The van der Waals surface area contributed by atoms with Crippen molar-refractivity contribution in [2.75, 3.05) is 13.2 Å². The number of hydrogen-bond acceptors (Lipinski definition) is 3. The van der Waals surface area contributed by atoms with Gasteiger partial charge >= 0.3 is 0 Å². The van der Waals surface area contributed by atoms with Gasteiger partial charge in [-0.2, -0.15) is 0 Å². The molecule has 86 valence electrons. The molecule has 4 nitrogen and oxygen atoms in total. The zero-order chi connectivity index (χ0) is 11.3. The molecule has 0 saturated carbocycles. The Labute approximate surface area is 95.8 Å². The molecule has 0 radical (unpaired) electrons. The average molecular weight is 230 g/mol. The van der Waals surface area contributed by atoms with E-state index in [1.165, 1.54) is 0 Å². The molecule has 1 unspecified atom stereocenters. The number of hydrogen-bond donors (Lipinski definition) is 2. The molecule has 1 heterocycles. The topological polar surface area (TPSA) is 50.4 Å². The summed E-state index contributed by atoms with van der Waals surface area (Å²) in [4.78, 5) is 11.3. The number of amides is 1. The fraction of sp³-hybridized carbons (Fsp3) is 0.800. The largest absolute Gasteiger partial charge is 0.376 e. The highest BCUT2D eigenvalue weighted by molar-refractivity contribution is 7.80. The normalized spacial score (nSPS) is 20.3. The predicted octanol–water partition coefficient (Wildman–Crippen LogP) is 0.812. The second-order valence-corrected chi connectivity index (χ2v) is 4.40. The van der Waals surface area contributed by atoms with Crippen LogP contribution in [0, 0.1) is 5.92 Å². The summed E-state index contributed by atoms with van der Waals surface area (Å²) < 4.78 is 5.42. The first-order valence-electron chi connectivity index (χ1n) is 5.30. The van der Waals surface area contributed by atoms with E-state index in [4.69, 9.17) is 17.0 Å². The first-order chi connectivity index (χ1) is 7.09. The lowest BCUT2D eigenvalue weighted by Gasteiger charge is -2.14. The number of carbonyl (C=O) groups excluding carboxylic acids is 1. The summed E-state index contributed by atoms with van der Waals surface area (Å²) in [6.45, 7) is 5.17. The zero-order valence-electron chi connectivity index (χ0n) is 9.21. The number of nitrogens with one attached hydrogen (secondary N) is 2. The van der Waals surface area contributed by atoms with Crippen LogP contribution < -0.4 is 10.6 Å². The molecule has 0 bridgehead atoms. The molecule has 1 aliphatic rings. The van der Waals surface area contributed by atoms with E-state index in [0.29, 0.717) is 11.7 Å². The third kappa shape index (κ3) is 4.57. The van der Waals surface area contributed by atoms with Gasteiger partial charge in [-0.1, -0.05) is 13.8 Å². The van der Waals surface area contributed by atoms with Gasteiger partial charge in [0.2, 0.25) is 5.91 Å². The van der Waals surface area contributed by atoms with E-state index in [-0.39, 0.29) is 17.9 Å². The van der Waals surface area contributed by atoms with Gasteiger partial charge in [0.05, 0.1) is 6.10 Å². The second-order valence-electron chi connectivity index (χ2n) is 3.99. The van der Waals surface area contributed by atoms with Crippen molar-refractivity contribution in [2.24, 2.45) is 5.92 Å². The van der Waals surface area contributed by atoms with E-state index in [1.807, 2.05) is 13.8 Å². The molecule has 5 heteroatoms. The number of thiocarbonyl (C=S) groups is 1. The van der Waals surface area contributed by atoms with Gasteiger partial charge < -0.3 is 15.4 Å². The van der Waals surface area contributed by atoms with Gasteiger partial charge in [0, 0.05) is 19.1 Å². The van der Waals surface area contributed by atoms with Crippen LogP contribution in [0.15, 0.2) is 0 Å². The molecular formula is C10H18N2O2S. The van der Waals surface area contributed by atoms with Crippen molar-refractivity contribution in [3.63, 3.8) is 0 Å². The average Bonchev–Trinajstić information content (AvgIpc) is 2.66.